The quantitative estimate of drug-likeness (QED) is 0.728. The standard InChI is InChI=1S/C11H14N2O/c1-9(2)14-6-4-11-7-10(8-12)3-5-13-11/h3,5,7,9H,4,6H2,1-2H3. The summed E-state index contributed by atoms with van der Waals surface area (Å²) >= 11 is 0. The molecular weight excluding hydrogens is 176 g/mol. The van der Waals surface area contributed by atoms with Crippen LogP contribution in [0.3, 0.4) is 0 Å². The van der Waals surface area contributed by atoms with E-state index in [-0.39, 0.29) is 6.10 Å². The van der Waals surface area contributed by atoms with E-state index in [1.165, 1.54) is 0 Å². The zero-order valence-electron chi connectivity index (χ0n) is 8.53. The molecule has 1 aromatic rings. The van der Waals surface area contributed by atoms with Crippen LogP contribution in [0.4, 0.5) is 0 Å². The first kappa shape index (κ1) is 10.7. The minimum atomic E-state index is 0.245. The van der Waals surface area contributed by atoms with Crippen LogP contribution in [0.5, 0.6) is 0 Å². The Morgan fingerprint density at radius 2 is 2.36 bits per heavy atom. The minimum absolute atomic E-state index is 0.245. The maximum absolute atomic E-state index is 8.67. The van der Waals surface area contributed by atoms with Crippen molar-refractivity contribution in [2.24, 2.45) is 0 Å². The lowest BCUT2D eigenvalue weighted by atomic mass is 10.2. The van der Waals surface area contributed by atoms with Crippen LogP contribution < -0.4 is 0 Å². The predicted molar refractivity (Wildman–Crippen MR) is 53.7 cm³/mol. The van der Waals surface area contributed by atoms with Crippen LogP contribution in [-0.4, -0.2) is 17.7 Å². The Kier molecular flexibility index (Phi) is 4.09. The van der Waals surface area contributed by atoms with Gasteiger partial charge in [-0.25, -0.2) is 0 Å². The van der Waals surface area contributed by atoms with Crippen molar-refractivity contribution in [2.45, 2.75) is 26.4 Å². The zero-order valence-corrected chi connectivity index (χ0v) is 8.53. The molecule has 0 atom stereocenters. The molecule has 1 rings (SSSR count). The van der Waals surface area contributed by atoms with E-state index in [1.807, 2.05) is 13.8 Å². The number of pyridine rings is 1. The summed E-state index contributed by atoms with van der Waals surface area (Å²) in [5.74, 6) is 0. The van der Waals surface area contributed by atoms with E-state index >= 15 is 0 Å². The van der Waals surface area contributed by atoms with Crippen molar-refractivity contribution in [2.75, 3.05) is 6.61 Å². The van der Waals surface area contributed by atoms with Crippen molar-refractivity contribution in [3.8, 4) is 6.07 Å². The van der Waals surface area contributed by atoms with Gasteiger partial charge in [0.05, 0.1) is 24.3 Å². The monoisotopic (exact) mass is 190 g/mol. The van der Waals surface area contributed by atoms with Crippen molar-refractivity contribution in [1.29, 1.82) is 5.26 Å². The molecule has 0 aliphatic carbocycles. The van der Waals surface area contributed by atoms with Gasteiger partial charge in [0.15, 0.2) is 0 Å². The van der Waals surface area contributed by atoms with E-state index in [2.05, 4.69) is 11.1 Å². The smallest absolute Gasteiger partial charge is 0.0992 e. The maximum Gasteiger partial charge on any atom is 0.0992 e. The van der Waals surface area contributed by atoms with E-state index in [0.29, 0.717) is 12.2 Å². The van der Waals surface area contributed by atoms with E-state index in [0.717, 1.165) is 12.1 Å². The fraction of sp³-hybridized carbons (Fsp3) is 0.455. The summed E-state index contributed by atoms with van der Waals surface area (Å²) in [5, 5.41) is 8.67. The molecule has 0 spiro atoms. The second-order valence-electron chi connectivity index (χ2n) is 3.32. The summed E-state index contributed by atoms with van der Waals surface area (Å²) in [4.78, 5) is 4.15. The first-order chi connectivity index (χ1) is 6.72. The van der Waals surface area contributed by atoms with Crippen LogP contribution in [0.1, 0.15) is 25.1 Å². The molecule has 0 N–H and O–H groups in total. The highest BCUT2D eigenvalue weighted by atomic mass is 16.5. The summed E-state index contributed by atoms with van der Waals surface area (Å²) in [6.45, 7) is 4.65. The molecule has 74 valence electrons. The van der Waals surface area contributed by atoms with Gasteiger partial charge in [-0.3, -0.25) is 4.98 Å². The minimum Gasteiger partial charge on any atom is -0.378 e. The van der Waals surface area contributed by atoms with Crippen LogP contribution in [0, 0.1) is 11.3 Å². The van der Waals surface area contributed by atoms with Crippen molar-refractivity contribution >= 4 is 0 Å². The molecule has 0 fully saturated rings. The van der Waals surface area contributed by atoms with Crippen LogP contribution >= 0.6 is 0 Å². The number of nitrogens with zero attached hydrogens (tertiary/aromatic N) is 2. The topological polar surface area (TPSA) is 45.9 Å². The average molecular weight is 190 g/mol. The van der Waals surface area contributed by atoms with Crippen molar-refractivity contribution in [1.82, 2.24) is 4.98 Å². The van der Waals surface area contributed by atoms with E-state index < -0.39 is 0 Å². The van der Waals surface area contributed by atoms with Crippen LogP contribution in [0.15, 0.2) is 18.3 Å². The first-order valence-electron chi connectivity index (χ1n) is 4.69. The van der Waals surface area contributed by atoms with E-state index in [4.69, 9.17) is 10.00 Å². The lowest BCUT2D eigenvalue weighted by molar-refractivity contribution is 0.0809. The largest absolute Gasteiger partial charge is 0.378 e. The molecule has 0 aliphatic rings. The Morgan fingerprint density at radius 3 is 3.00 bits per heavy atom. The fourth-order valence-electron chi connectivity index (χ4n) is 1.08. The molecule has 1 heterocycles. The fourth-order valence-corrected chi connectivity index (χ4v) is 1.08. The van der Waals surface area contributed by atoms with Gasteiger partial charge in [-0.1, -0.05) is 0 Å². The highest BCUT2D eigenvalue weighted by molar-refractivity contribution is 5.28. The normalized spacial score (nSPS) is 10.1. The van der Waals surface area contributed by atoms with Gasteiger partial charge in [0, 0.05) is 18.3 Å². The zero-order chi connectivity index (χ0) is 10.4. The molecule has 0 saturated heterocycles. The number of aromatic nitrogens is 1. The molecule has 3 heteroatoms. The summed E-state index contributed by atoms with van der Waals surface area (Å²) in [6, 6.07) is 5.58. The van der Waals surface area contributed by atoms with Gasteiger partial charge in [0.25, 0.3) is 0 Å². The number of hydrogen-bond acceptors (Lipinski definition) is 3. The Bertz CT molecular complexity index is 328. The van der Waals surface area contributed by atoms with E-state index in [1.54, 1.807) is 18.3 Å². The number of rotatable bonds is 4. The Hall–Kier alpha value is -1.40. The Morgan fingerprint density at radius 1 is 1.57 bits per heavy atom. The molecule has 3 nitrogen and oxygen atoms in total. The number of nitriles is 1. The molecule has 0 unspecified atom stereocenters. The lowest BCUT2D eigenvalue weighted by Gasteiger charge is -2.06. The van der Waals surface area contributed by atoms with Gasteiger partial charge >= 0.3 is 0 Å². The molecule has 0 amide bonds. The second-order valence-corrected chi connectivity index (χ2v) is 3.32. The molecule has 1 aromatic heterocycles. The number of hydrogen-bond donors (Lipinski definition) is 0. The molecule has 0 aromatic carbocycles. The average Bonchev–Trinajstić information content (AvgIpc) is 2.18. The van der Waals surface area contributed by atoms with Gasteiger partial charge < -0.3 is 4.74 Å². The molecule has 0 bridgehead atoms. The van der Waals surface area contributed by atoms with Gasteiger partial charge in [0.2, 0.25) is 0 Å². The molecule has 0 radical (unpaired) electrons. The third-order valence-corrected chi connectivity index (χ3v) is 1.76. The number of ether oxygens (including phenoxy) is 1. The highest BCUT2D eigenvalue weighted by Gasteiger charge is 1.98. The van der Waals surface area contributed by atoms with Gasteiger partial charge in [-0.2, -0.15) is 5.26 Å². The predicted octanol–water partition coefficient (Wildman–Crippen LogP) is 1.92. The van der Waals surface area contributed by atoms with Crippen LogP contribution in [0.25, 0.3) is 0 Å². The molecule has 0 saturated carbocycles. The molecule has 14 heavy (non-hydrogen) atoms. The first-order valence-corrected chi connectivity index (χ1v) is 4.69. The second kappa shape index (κ2) is 5.36. The van der Waals surface area contributed by atoms with E-state index in [9.17, 15) is 0 Å². The van der Waals surface area contributed by atoms with Gasteiger partial charge in [0.1, 0.15) is 0 Å². The van der Waals surface area contributed by atoms with Crippen LogP contribution in [-0.2, 0) is 11.2 Å². The Balaban J connectivity index is 2.47. The molecule has 0 aliphatic heterocycles. The lowest BCUT2D eigenvalue weighted by Crippen LogP contribution is -2.06. The van der Waals surface area contributed by atoms with Gasteiger partial charge in [-0.15, -0.1) is 0 Å². The summed E-state index contributed by atoms with van der Waals surface area (Å²) in [6.07, 6.45) is 2.66. The maximum atomic E-state index is 8.67. The third-order valence-electron chi connectivity index (χ3n) is 1.76. The summed E-state index contributed by atoms with van der Waals surface area (Å²) < 4.78 is 5.40. The SMILES string of the molecule is CC(C)OCCc1cc(C#N)ccn1. The van der Waals surface area contributed by atoms with Gasteiger partial charge in [-0.05, 0) is 26.0 Å². The summed E-state index contributed by atoms with van der Waals surface area (Å²) in [5.41, 5.74) is 1.56. The highest BCUT2D eigenvalue weighted by Crippen LogP contribution is 2.01. The molecular formula is C11H14N2O. The summed E-state index contributed by atoms with van der Waals surface area (Å²) in [7, 11) is 0. The van der Waals surface area contributed by atoms with Crippen molar-refractivity contribution in [3.05, 3.63) is 29.6 Å². The van der Waals surface area contributed by atoms with Crippen LogP contribution in [0.2, 0.25) is 0 Å². The van der Waals surface area contributed by atoms with Crippen molar-refractivity contribution in [3.63, 3.8) is 0 Å². The Labute approximate surface area is 84.3 Å². The van der Waals surface area contributed by atoms with Crippen molar-refractivity contribution < 1.29 is 4.74 Å². The third kappa shape index (κ3) is 3.55.